The third-order valence-electron chi connectivity index (χ3n) is 2.35. The van der Waals surface area contributed by atoms with Crippen LogP contribution in [-0.4, -0.2) is 36.2 Å². The second kappa shape index (κ2) is 4.40. The topological polar surface area (TPSA) is 50.4 Å². The highest BCUT2D eigenvalue weighted by molar-refractivity contribution is 5.68. The van der Waals surface area contributed by atoms with E-state index in [-0.39, 0.29) is 13.0 Å². The van der Waals surface area contributed by atoms with Gasteiger partial charge < -0.3 is 15.4 Å². The van der Waals surface area contributed by atoms with E-state index in [0.717, 1.165) is 0 Å². The second-order valence-electron chi connectivity index (χ2n) is 5.82. The van der Waals surface area contributed by atoms with Crippen LogP contribution >= 0.6 is 0 Å². The number of nitrogens with one attached hydrogen (secondary N) is 2. The molecule has 0 aromatic rings. The summed E-state index contributed by atoms with van der Waals surface area (Å²) >= 11 is 0. The number of piperidine rings is 1. The number of amides is 1. The molecule has 1 aliphatic heterocycles. The summed E-state index contributed by atoms with van der Waals surface area (Å²) in [7, 11) is 0. The monoisotopic (exact) mass is 250 g/mol. The van der Waals surface area contributed by atoms with Crippen LogP contribution in [0, 0.1) is 0 Å². The van der Waals surface area contributed by atoms with E-state index in [2.05, 4.69) is 10.6 Å². The molecule has 0 unspecified atom stereocenters. The molecule has 0 aromatic carbocycles. The maximum atomic E-state index is 13.2. The minimum atomic E-state index is -2.80. The molecule has 1 saturated heterocycles. The highest BCUT2D eigenvalue weighted by Gasteiger charge is 2.44. The van der Waals surface area contributed by atoms with Gasteiger partial charge in [-0.15, -0.1) is 0 Å². The molecule has 0 aromatic heterocycles. The van der Waals surface area contributed by atoms with Crippen molar-refractivity contribution in [3.8, 4) is 0 Å². The van der Waals surface area contributed by atoms with Crippen molar-refractivity contribution in [1.29, 1.82) is 0 Å². The van der Waals surface area contributed by atoms with Gasteiger partial charge in [0.2, 0.25) is 0 Å². The first kappa shape index (κ1) is 14.2. The molecule has 1 fully saturated rings. The van der Waals surface area contributed by atoms with Gasteiger partial charge in [0.05, 0.1) is 12.1 Å². The first-order valence-corrected chi connectivity index (χ1v) is 5.61. The molecule has 1 heterocycles. The molecule has 1 rings (SSSR count). The third-order valence-corrected chi connectivity index (χ3v) is 2.35. The van der Waals surface area contributed by atoms with E-state index in [9.17, 15) is 13.6 Å². The lowest BCUT2D eigenvalue weighted by Gasteiger charge is -2.39. The minimum absolute atomic E-state index is 0.307. The summed E-state index contributed by atoms with van der Waals surface area (Å²) in [5, 5.41) is 5.12. The van der Waals surface area contributed by atoms with Crippen molar-refractivity contribution in [2.45, 2.75) is 51.2 Å². The predicted molar refractivity (Wildman–Crippen MR) is 60.2 cm³/mol. The molecule has 0 radical (unpaired) electrons. The Morgan fingerprint density at radius 3 is 2.41 bits per heavy atom. The molecule has 6 heteroatoms. The lowest BCUT2D eigenvalue weighted by molar-refractivity contribution is -0.0509. The van der Waals surface area contributed by atoms with Crippen LogP contribution in [0.1, 0.15) is 34.1 Å². The Hall–Kier alpha value is -0.910. The molecule has 0 aliphatic carbocycles. The standard InChI is InChI=1S/C11H20F2N2O2/c1-9(2,3)17-8(16)15-10(4)5-11(12,13)7-14-6-10/h14H,5-7H2,1-4H3,(H,15,16)/t10-/m0/s1. The molecular formula is C11H20F2N2O2. The Morgan fingerprint density at radius 1 is 1.35 bits per heavy atom. The smallest absolute Gasteiger partial charge is 0.408 e. The molecular weight excluding hydrogens is 230 g/mol. The van der Waals surface area contributed by atoms with Crippen molar-refractivity contribution in [2.75, 3.05) is 13.1 Å². The van der Waals surface area contributed by atoms with E-state index in [0.29, 0.717) is 6.54 Å². The zero-order valence-electron chi connectivity index (χ0n) is 10.7. The molecule has 1 aliphatic rings. The van der Waals surface area contributed by atoms with E-state index in [4.69, 9.17) is 4.74 Å². The maximum Gasteiger partial charge on any atom is 0.408 e. The van der Waals surface area contributed by atoms with Gasteiger partial charge in [-0.25, -0.2) is 13.6 Å². The quantitative estimate of drug-likeness (QED) is 0.747. The maximum absolute atomic E-state index is 13.2. The van der Waals surface area contributed by atoms with Gasteiger partial charge in [0, 0.05) is 13.0 Å². The van der Waals surface area contributed by atoms with Crippen LogP contribution in [0.15, 0.2) is 0 Å². The summed E-state index contributed by atoms with van der Waals surface area (Å²) in [4.78, 5) is 11.5. The number of alkyl carbamates (subject to hydrolysis) is 1. The number of rotatable bonds is 1. The molecule has 0 bridgehead atoms. The van der Waals surface area contributed by atoms with Gasteiger partial charge in [0.1, 0.15) is 5.60 Å². The van der Waals surface area contributed by atoms with Crippen molar-refractivity contribution < 1.29 is 18.3 Å². The Morgan fingerprint density at radius 2 is 1.94 bits per heavy atom. The van der Waals surface area contributed by atoms with Crippen LogP contribution in [-0.2, 0) is 4.74 Å². The average Bonchev–Trinajstić information content (AvgIpc) is 1.94. The molecule has 1 amide bonds. The lowest BCUT2D eigenvalue weighted by Crippen LogP contribution is -2.61. The molecule has 0 saturated carbocycles. The van der Waals surface area contributed by atoms with Gasteiger partial charge >= 0.3 is 6.09 Å². The largest absolute Gasteiger partial charge is 0.444 e. The normalized spacial score (nSPS) is 28.6. The summed E-state index contributed by atoms with van der Waals surface area (Å²) in [6.45, 7) is 6.71. The van der Waals surface area contributed by atoms with Crippen LogP contribution in [0.25, 0.3) is 0 Å². The van der Waals surface area contributed by atoms with Gasteiger partial charge in [0.25, 0.3) is 5.92 Å². The fraction of sp³-hybridized carbons (Fsp3) is 0.909. The Balaban J connectivity index is 2.58. The third kappa shape index (κ3) is 4.85. The number of ether oxygens (including phenoxy) is 1. The fourth-order valence-electron chi connectivity index (χ4n) is 1.86. The van der Waals surface area contributed by atoms with Crippen LogP contribution < -0.4 is 10.6 Å². The predicted octanol–water partition coefficient (Wildman–Crippen LogP) is 1.90. The number of carbonyl (C=O) groups excluding carboxylic acids is 1. The molecule has 1 atom stereocenters. The van der Waals surface area contributed by atoms with E-state index >= 15 is 0 Å². The van der Waals surface area contributed by atoms with Gasteiger partial charge in [-0.3, -0.25) is 0 Å². The highest BCUT2D eigenvalue weighted by Crippen LogP contribution is 2.29. The first-order valence-electron chi connectivity index (χ1n) is 5.61. The Labute approximate surface area is 100 Å². The number of alkyl halides is 2. The minimum Gasteiger partial charge on any atom is -0.444 e. The van der Waals surface area contributed by atoms with Crippen molar-refractivity contribution in [3.05, 3.63) is 0 Å². The summed E-state index contributed by atoms with van der Waals surface area (Å²) in [5.74, 6) is -2.80. The number of halogens is 2. The first-order chi connectivity index (χ1) is 7.52. The molecule has 0 spiro atoms. The summed E-state index contributed by atoms with van der Waals surface area (Å²) in [5.41, 5.74) is -1.62. The van der Waals surface area contributed by atoms with Gasteiger partial charge in [0.15, 0.2) is 0 Å². The molecule has 17 heavy (non-hydrogen) atoms. The van der Waals surface area contributed by atoms with Crippen LogP contribution in [0.3, 0.4) is 0 Å². The average molecular weight is 250 g/mol. The van der Waals surface area contributed by atoms with E-state index in [1.165, 1.54) is 0 Å². The van der Waals surface area contributed by atoms with Crippen molar-refractivity contribution in [1.82, 2.24) is 10.6 Å². The van der Waals surface area contributed by atoms with Gasteiger partial charge in [-0.1, -0.05) is 0 Å². The summed E-state index contributed by atoms with van der Waals surface area (Å²) < 4.78 is 31.5. The van der Waals surface area contributed by atoms with Gasteiger partial charge in [-0.2, -0.15) is 0 Å². The SMILES string of the molecule is CC(C)(C)OC(=O)N[C@]1(C)CNCC(F)(F)C1. The van der Waals surface area contributed by atoms with E-state index in [1.807, 2.05) is 0 Å². The second-order valence-corrected chi connectivity index (χ2v) is 5.82. The molecule has 4 nitrogen and oxygen atoms in total. The Kier molecular flexibility index (Phi) is 3.66. The van der Waals surface area contributed by atoms with Crippen LogP contribution in [0.2, 0.25) is 0 Å². The summed E-state index contributed by atoms with van der Waals surface area (Å²) in [6, 6.07) is 0. The van der Waals surface area contributed by atoms with Crippen molar-refractivity contribution >= 4 is 6.09 Å². The number of hydrogen-bond donors (Lipinski definition) is 2. The Bertz CT molecular complexity index is 302. The molecule has 100 valence electrons. The number of hydrogen-bond acceptors (Lipinski definition) is 3. The van der Waals surface area contributed by atoms with Gasteiger partial charge in [-0.05, 0) is 27.7 Å². The van der Waals surface area contributed by atoms with E-state index in [1.54, 1.807) is 27.7 Å². The fourth-order valence-corrected chi connectivity index (χ4v) is 1.86. The highest BCUT2D eigenvalue weighted by atomic mass is 19.3. The lowest BCUT2D eigenvalue weighted by atomic mass is 9.90. The van der Waals surface area contributed by atoms with Crippen molar-refractivity contribution in [3.63, 3.8) is 0 Å². The van der Waals surface area contributed by atoms with Crippen LogP contribution in [0.4, 0.5) is 13.6 Å². The van der Waals surface area contributed by atoms with E-state index < -0.39 is 23.2 Å². The van der Waals surface area contributed by atoms with Crippen LogP contribution in [0.5, 0.6) is 0 Å². The summed E-state index contributed by atoms with van der Waals surface area (Å²) in [6.07, 6.45) is -1.05. The zero-order valence-corrected chi connectivity index (χ0v) is 10.7. The number of carbonyl (C=O) groups is 1. The van der Waals surface area contributed by atoms with Crippen molar-refractivity contribution in [2.24, 2.45) is 0 Å². The molecule has 2 N–H and O–H groups in total. The zero-order chi connectivity index (χ0) is 13.3.